The molecule has 8 heteroatoms. The molecule has 0 bridgehead atoms. The van der Waals surface area contributed by atoms with Crippen LogP contribution in [0.15, 0.2) is 58.8 Å². The first-order chi connectivity index (χ1) is 13.4. The average molecular weight is 414 g/mol. The van der Waals surface area contributed by atoms with Crippen LogP contribution in [0.2, 0.25) is 0 Å². The van der Waals surface area contributed by atoms with Gasteiger partial charge in [-0.05, 0) is 49.2 Å². The summed E-state index contributed by atoms with van der Waals surface area (Å²) in [4.78, 5) is 17.3. The molecule has 1 fully saturated rings. The third-order valence-electron chi connectivity index (χ3n) is 4.37. The fourth-order valence-corrected chi connectivity index (χ4v) is 4.12. The number of nitrogens with zero attached hydrogens (tertiary/aromatic N) is 1. The van der Waals surface area contributed by atoms with E-state index in [1.165, 1.54) is 37.1 Å². The van der Waals surface area contributed by atoms with Gasteiger partial charge in [0.05, 0.1) is 10.6 Å². The summed E-state index contributed by atoms with van der Waals surface area (Å²) in [6.07, 6.45) is 3.53. The van der Waals surface area contributed by atoms with E-state index in [-0.39, 0.29) is 10.8 Å². The molecule has 0 spiro atoms. The van der Waals surface area contributed by atoms with E-state index in [1.54, 1.807) is 11.3 Å². The van der Waals surface area contributed by atoms with Gasteiger partial charge in [0, 0.05) is 34.5 Å². The highest BCUT2D eigenvalue weighted by atomic mass is 32.2. The fraction of sp³-hybridized carbons (Fsp3) is 0.200. The van der Waals surface area contributed by atoms with E-state index < -0.39 is 9.84 Å². The monoisotopic (exact) mass is 413 g/mol. The number of thiazole rings is 1. The predicted octanol–water partition coefficient (Wildman–Crippen LogP) is 4.04. The molecule has 1 aliphatic carbocycles. The van der Waals surface area contributed by atoms with Gasteiger partial charge >= 0.3 is 0 Å². The topological polar surface area (TPSA) is 88.2 Å². The summed E-state index contributed by atoms with van der Waals surface area (Å²) in [5.41, 5.74) is 2.83. The number of carbonyl (C=O) groups excluding carboxylic acids is 1. The predicted molar refractivity (Wildman–Crippen MR) is 112 cm³/mol. The van der Waals surface area contributed by atoms with Crippen LogP contribution in [0.25, 0.3) is 11.3 Å². The zero-order chi connectivity index (χ0) is 19.7. The first-order valence-corrected chi connectivity index (χ1v) is 11.6. The van der Waals surface area contributed by atoms with E-state index in [1.807, 2.05) is 29.6 Å². The van der Waals surface area contributed by atoms with Crippen molar-refractivity contribution in [3.8, 4) is 11.3 Å². The lowest BCUT2D eigenvalue weighted by Gasteiger charge is -2.07. The molecule has 1 heterocycles. The smallest absolute Gasteiger partial charge is 0.255 e. The van der Waals surface area contributed by atoms with Crippen LogP contribution in [-0.4, -0.2) is 31.6 Å². The molecule has 28 heavy (non-hydrogen) atoms. The number of anilines is 2. The highest BCUT2D eigenvalue weighted by Crippen LogP contribution is 2.30. The minimum Gasteiger partial charge on any atom is -0.359 e. The Labute approximate surface area is 167 Å². The van der Waals surface area contributed by atoms with Gasteiger partial charge in [0.2, 0.25) is 0 Å². The van der Waals surface area contributed by atoms with Gasteiger partial charge in [-0.2, -0.15) is 0 Å². The largest absolute Gasteiger partial charge is 0.359 e. The maximum Gasteiger partial charge on any atom is 0.255 e. The maximum atomic E-state index is 12.5. The second-order valence-electron chi connectivity index (χ2n) is 6.79. The van der Waals surface area contributed by atoms with Gasteiger partial charge in [-0.15, -0.1) is 11.3 Å². The molecule has 1 aliphatic rings. The van der Waals surface area contributed by atoms with Gasteiger partial charge in [0.1, 0.15) is 0 Å². The van der Waals surface area contributed by atoms with Crippen molar-refractivity contribution in [2.24, 2.45) is 0 Å². The highest BCUT2D eigenvalue weighted by molar-refractivity contribution is 7.90. The third-order valence-corrected chi connectivity index (χ3v) is 6.27. The van der Waals surface area contributed by atoms with Crippen LogP contribution in [0.3, 0.4) is 0 Å². The molecule has 0 saturated heterocycles. The standard InChI is InChI=1S/C20H19N3O3S2/c1-28(25,26)17-9-5-13(6-10-17)19(24)21-16-4-2-3-14(11-16)18-12-27-20(23-18)22-15-7-8-15/h2-6,9-12,15H,7-8H2,1H3,(H,21,24)(H,22,23). The molecule has 0 atom stereocenters. The van der Waals surface area contributed by atoms with E-state index in [2.05, 4.69) is 15.6 Å². The van der Waals surface area contributed by atoms with Gasteiger partial charge in [-0.25, -0.2) is 13.4 Å². The van der Waals surface area contributed by atoms with Crippen LogP contribution in [0.5, 0.6) is 0 Å². The van der Waals surface area contributed by atoms with Crippen molar-refractivity contribution in [1.29, 1.82) is 0 Å². The number of rotatable bonds is 6. The van der Waals surface area contributed by atoms with Crippen molar-refractivity contribution in [3.63, 3.8) is 0 Å². The van der Waals surface area contributed by atoms with E-state index >= 15 is 0 Å². The Balaban J connectivity index is 1.48. The lowest BCUT2D eigenvalue weighted by atomic mass is 10.1. The van der Waals surface area contributed by atoms with Crippen molar-refractivity contribution >= 4 is 37.9 Å². The second-order valence-corrected chi connectivity index (χ2v) is 9.66. The zero-order valence-corrected chi connectivity index (χ0v) is 16.8. The number of amides is 1. The van der Waals surface area contributed by atoms with Crippen molar-refractivity contribution in [2.75, 3.05) is 16.9 Å². The molecule has 0 unspecified atom stereocenters. The molecule has 4 rings (SSSR count). The van der Waals surface area contributed by atoms with Crippen LogP contribution in [-0.2, 0) is 9.84 Å². The second kappa shape index (κ2) is 7.37. The van der Waals surface area contributed by atoms with Crippen LogP contribution in [0.1, 0.15) is 23.2 Å². The Morgan fingerprint density at radius 3 is 2.57 bits per heavy atom. The average Bonchev–Trinajstić information content (AvgIpc) is 3.36. The first kappa shape index (κ1) is 18.6. The summed E-state index contributed by atoms with van der Waals surface area (Å²) < 4.78 is 23.1. The Kier molecular flexibility index (Phi) is 4.91. The van der Waals surface area contributed by atoms with E-state index in [0.29, 0.717) is 17.3 Å². The lowest BCUT2D eigenvalue weighted by molar-refractivity contribution is 0.102. The minimum atomic E-state index is -3.29. The molecular formula is C20H19N3O3S2. The minimum absolute atomic E-state index is 0.185. The van der Waals surface area contributed by atoms with Gasteiger partial charge in [0.15, 0.2) is 15.0 Å². The summed E-state index contributed by atoms with van der Waals surface area (Å²) in [5.74, 6) is -0.299. The molecule has 6 nitrogen and oxygen atoms in total. The number of carbonyl (C=O) groups is 1. The normalized spacial score (nSPS) is 13.9. The quantitative estimate of drug-likeness (QED) is 0.637. The van der Waals surface area contributed by atoms with Crippen molar-refractivity contribution in [1.82, 2.24) is 4.98 Å². The van der Waals surface area contributed by atoms with E-state index in [4.69, 9.17) is 0 Å². The Morgan fingerprint density at radius 1 is 1.14 bits per heavy atom. The van der Waals surface area contributed by atoms with Gasteiger partial charge < -0.3 is 10.6 Å². The molecule has 0 radical (unpaired) electrons. The number of hydrogen-bond acceptors (Lipinski definition) is 6. The van der Waals surface area contributed by atoms with Crippen molar-refractivity contribution in [3.05, 3.63) is 59.5 Å². The molecular weight excluding hydrogens is 394 g/mol. The van der Waals surface area contributed by atoms with Crippen LogP contribution >= 0.6 is 11.3 Å². The SMILES string of the molecule is CS(=O)(=O)c1ccc(C(=O)Nc2cccc(-c3csc(NC4CC4)n3)c2)cc1. The molecule has 1 saturated carbocycles. The zero-order valence-electron chi connectivity index (χ0n) is 15.2. The van der Waals surface area contributed by atoms with Gasteiger partial charge in [-0.3, -0.25) is 4.79 Å². The maximum absolute atomic E-state index is 12.5. The summed E-state index contributed by atoms with van der Waals surface area (Å²) in [6.45, 7) is 0. The molecule has 1 amide bonds. The first-order valence-electron chi connectivity index (χ1n) is 8.82. The van der Waals surface area contributed by atoms with Crippen LogP contribution < -0.4 is 10.6 Å². The van der Waals surface area contributed by atoms with Gasteiger partial charge in [0.25, 0.3) is 5.91 Å². The lowest BCUT2D eigenvalue weighted by Crippen LogP contribution is -2.12. The summed E-state index contributed by atoms with van der Waals surface area (Å²) in [5, 5.41) is 9.14. The summed E-state index contributed by atoms with van der Waals surface area (Å²) >= 11 is 1.57. The van der Waals surface area contributed by atoms with E-state index in [9.17, 15) is 13.2 Å². The fourth-order valence-electron chi connectivity index (χ4n) is 2.69. The third kappa shape index (κ3) is 4.40. The number of hydrogen-bond donors (Lipinski definition) is 2. The Bertz CT molecular complexity index is 1120. The van der Waals surface area contributed by atoms with Crippen LogP contribution in [0.4, 0.5) is 10.8 Å². The molecule has 2 N–H and O–H groups in total. The summed E-state index contributed by atoms with van der Waals surface area (Å²) in [6, 6.07) is 13.9. The summed E-state index contributed by atoms with van der Waals surface area (Å²) in [7, 11) is -3.29. The van der Waals surface area contributed by atoms with Crippen molar-refractivity contribution in [2.45, 2.75) is 23.8 Å². The number of nitrogens with one attached hydrogen (secondary N) is 2. The van der Waals surface area contributed by atoms with Crippen molar-refractivity contribution < 1.29 is 13.2 Å². The molecule has 2 aromatic carbocycles. The van der Waals surface area contributed by atoms with Gasteiger partial charge in [-0.1, -0.05) is 12.1 Å². The number of benzene rings is 2. The number of sulfone groups is 1. The molecule has 1 aromatic heterocycles. The number of aromatic nitrogens is 1. The molecule has 144 valence electrons. The van der Waals surface area contributed by atoms with E-state index in [0.717, 1.165) is 22.6 Å². The Hall–Kier alpha value is -2.71. The highest BCUT2D eigenvalue weighted by Gasteiger charge is 2.22. The van der Waals surface area contributed by atoms with Crippen LogP contribution in [0, 0.1) is 0 Å². The molecule has 3 aromatic rings. The Morgan fingerprint density at radius 2 is 1.89 bits per heavy atom. The molecule has 0 aliphatic heterocycles.